The zero-order valence-corrected chi connectivity index (χ0v) is 22.0. The van der Waals surface area contributed by atoms with Gasteiger partial charge >= 0.3 is 0 Å². The summed E-state index contributed by atoms with van der Waals surface area (Å²) in [5, 5.41) is 0.684. The number of rotatable bonds is 6. The van der Waals surface area contributed by atoms with Crippen molar-refractivity contribution in [2.75, 3.05) is 40.1 Å². The van der Waals surface area contributed by atoms with Crippen LogP contribution in [0.3, 0.4) is 0 Å². The molecule has 2 aromatic heterocycles. The van der Waals surface area contributed by atoms with E-state index in [1.165, 1.54) is 6.26 Å². The van der Waals surface area contributed by atoms with Crippen molar-refractivity contribution in [1.29, 1.82) is 0 Å². The summed E-state index contributed by atoms with van der Waals surface area (Å²) >= 11 is 1.61. The number of thiophene rings is 1. The Morgan fingerprint density at radius 2 is 1.79 bits per heavy atom. The molecule has 4 rings (SSSR count). The number of hydrogen-bond donors (Lipinski definition) is 0. The monoisotopic (exact) mass is 505 g/mol. The van der Waals surface area contributed by atoms with Crippen molar-refractivity contribution >= 4 is 31.4 Å². The summed E-state index contributed by atoms with van der Waals surface area (Å²) < 4.78 is 39.3. The van der Waals surface area contributed by atoms with Crippen LogP contribution in [0.2, 0.25) is 0 Å². The number of aryl methyl sites for hydroxylation is 1. The van der Waals surface area contributed by atoms with E-state index in [-0.39, 0.29) is 5.56 Å². The van der Waals surface area contributed by atoms with Crippen LogP contribution in [0.4, 0.5) is 0 Å². The first-order valence-electron chi connectivity index (χ1n) is 11.0. The lowest BCUT2D eigenvalue weighted by Gasteiger charge is -2.45. The highest BCUT2D eigenvalue weighted by Crippen LogP contribution is 2.38. The van der Waals surface area contributed by atoms with E-state index in [1.807, 2.05) is 44.3 Å². The van der Waals surface area contributed by atoms with Gasteiger partial charge in [-0.2, -0.15) is 4.31 Å². The maximum atomic E-state index is 12.9. The SMILES string of the molecule is COc1ccc(-c2cn(C)c(=O)c3cc(CN4CCN(S(C)(=O)=O)C(C)(C)C4)sc23)cc1OC. The van der Waals surface area contributed by atoms with E-state index in [9.17, 15) is 13.2 Å². The van der Waals surface area contributed by atoms with Crippen molar-refractivity contribution in [3.63, 3.8) is 0 Å². The van der Waals surface area contributed by atoms with Gasteiger partial charge in [-0.15, -0.1) is 11.3 Å². The molecule has 34 heavy (non-hydrogen) atoms. The van der Waals surface area contributed by atoms with Crippen LogP contribution >= 0.6 is 11.3 Å². The summed E-state index contributed by atoms with van der Waals surface area (Å²) in [6.07, 6.45) is 3.13. The van der Waals surface area contributed by atoms with E-state index in [0.29, 0.717) is 43.1 Å². The van der Waals surface area contributed by atoms with E-state index in [0.717, 1.165) is 20.7 Å². The third-order valence-electron chi connectivity index (χ3n) is 6.28. The molecule has 0 radical (unpaired) electrons. The second kappa shape index (κ2) is 8.99. The number of hydrogen-bond acceptors (Lipinski definition) is 7. The van der Waals surface area contributed by atoms with Gasteiger partial charge in [-0.1, -0.05) is 6.07 Å². The zero-order chi connectivity index (χ0) is 24.8. The highest BCUT2D eigenvalue weighted by atomic mass is 32.2. The van der Waals surface area contributed by atoms with Gasteiger partial charge in [0.15, 0.2) is 11.5 Å². The molecule has 0 unspecified atom stereocenters. The average Bonchev–Trinajstić information content (AvgIpc) is 3.18. The van der Waals surface area contributed by atoms with Crippen molar-refractivity contribution in [2.24, 2.45) is 7.05 Å². The first-order valence-corrected chi connectivity index (χ1v) is 13.7. The minimum Gasteiger partial charge on any atom is -0.493 e. The van der Waals surface area contributed by atoms with Gasteiger partial charge in [-0.3, -0.25) is 9.69 Å². The van der Waals surface area contributed by atoms with Crippen molar-refractivity contribution in [1.82, 2.24) is 13.8 Å². The molecule has 1 fully saturated rings. The molecule has 0 spiro atoms. The van der Waals surface area contributed by atoms with Crippen molar-refractivity contribution in [3.8, 4) is 22.6 Å². The molecule has 3 aromatic rings. The Morgan fingerprint density at radius 1 is 1.09 bits per heavy atom. The summed E-state index contributed by atoms with van der Waals surface area (Å²) in [5.74, 6) is 1.28. The van der Waals surface area contributed by atoms with Crippen LogP contribution in [0.15, 0.2) is 35.3 Å². The molecule has 0 saturated carbocycles. The van der Waals surface area contributed by atoms with Crippen LogP contribution in [-0.4, -0.2) is 67.8 Å². The Hall–Kier alpha value is -2.40. The maximum absolute atomic E-state index is 12.9. The Kier molecular flexibility index (Phi) is 6.54. The van der Waals surface area contributed by atoms with E-state index in [1.54, 1.807) is 41.5 Å². The second-order valence-electron chi connectivity index (χ2n) is 9.34. The van der Waals surface area contributed by atoms with Crippen LogP contribution in [0.1, 0.15) is 18.7 Å². The van der Waals surface area contributed by atoms with Crippen LogP contribution < -0.4 is 15.0 Å². The lowest BCUT2D eigenvalue weighted by atomic mass is 10.0. The van der Waals surface area contributed by atoms with E-state index in [4.69, 9.17) is 9.47 Å². The Bertz CT molecular complexity index is 1390. The van der Waals surface area contributed by atoms with Gasteiger partial charge in [0, 0.05) is 60.1 Å². The van der Waals surface area contributed by atoms with Crippen LogP contribution in [-0.2, 0) is 23.6 Å². The third kappa shape index (κ3) is 4.59. The third-order valence-corrected chi connectivity index (χ3v) is 8.91. The number of nitrogens with zero attached hydrogens (tertiary/aromatic N) is 3. The van der Waals surface area contributed by atoms with Gasteiger partial charge in [0.25, 0.3) is 5.56 Å². The normalized spacial score (nSPS) is 17.2. The molecule has 1 saturated heterocycles. The van der Waals surface area contributed by atoms with Crippen molar-refractivity contribution < 1.29 is 17.9 Å². The smallest absolute Gasteiger partial charge is 0.259 e. The molecule has 0 N–H and O–H groups in total. The summed E-state index contributed by atoms with van der Waals surface area (Å²) in [6, 6.07) is 7.73. The first kappa shape index (κ1) is 24.7. The zero-order valence-electron chi connectivity index (χ0n) is 20.4. The predicted molar refractivity (Wildman–Crippen MR) is 137 cm³/mol. The first-order chi connectivity index (χ1) is 15.9. The molecular weight excluding hydrogens is 474 g/mol. The highest BCUT2D eigenvalue weighted by Gasteiger charge is 2.39. The molecule has 1 aromatic carbocycles. The van der Waals surface area contributed by atoms with Crippen molar-refractivity contribution in [2.45, 2.75) is 25.9 Å². The minimum atomic E-state index is -3.26. The molecule has 184 valence electrons. The highest BCUT2D eigenvalue weighted by molar-refractivity contribution is 7.88. The molecule has 0 atom stereocenters. The van der Waals surface area contributed by atoms with Crippen LogP contribution in [0.25, 0.3) is 21.2 Å². The summed E-state index contributed by atoms with van der Waals surface area (Å²) in [4.78, 5) is 16.3. The number of ether oxygens (including phenoxy) is 2. The van der Waals surface area contributed by atoms with Gasteiger partial charge in [-0.05, 0) is 37.6 Å². The number of benzene rings is 1. The maximum Gasteiger partial charge on any atom is 0.259 e. The Morgan fingerprint density at radius 3 is 2.41 bits per heavy atom. The fraction of sp³-hybridized carbons (Fsp3) is 0.458. The average molecular weight is 506 g/mol. The fourth-order valence-electron chi connectivity index (χ4n) is 4.80. The topological polar surface area (TPSA) is 81.1 Å². The quantitative estimate of drug-likeness (QED) is 0.512. The summed E-state index contributed by atoms with van der Waals surface area (Å²) in [7, 11) is 1.70. The standard InChI is InChI=1S/C24H31N3O5S2/c1-24(2)15-26(9-10-27(24)34(6,29)30)13-17-12-18-22(33-17)19(14-25(3)23(18)28)16-7-8-20(31-4)21(11-16)32-5/h7-8,11-12,14H,9-10,13,15H2,1-6H3. The van der Waals surface area contributed by atoms with Gasteiger partial charge < -0.3 is 14.0 Å². The molecule has 1 aliphatic heterocycles. The number of sulfonamides is 1. The molecule has 3 heterocycles. The van der Waals surface area contributed by atoms with Crippen molar-refractivity contribution in [3.05, 3.63) is 45.7 Å². The largest absolute Gasteiger partial charge is 0.493 e. The van der Waals surface area contributed by atoms with Crippen LogP contribution in [0.5, 0.6) is 11.5 Å². The Labute approximate surface area is 204 Å². The summed E-state index contributed by atoms with van der Waals surface area (Å²) in [5.41, 5.74) is 1.36. The number of pyridine rings is 1. The molecule has 0 amide bonds. The fourth-order valence-corrected chi connectivity index (χ4v) is 7.39. The molecule has 1 aliphatic rings. The minimum absolute atomic E-state index is 0.0380. The van der Waals surface area contributed by atoms with E-state index < -0.39 is 15.6 Å². The number of methoxy groups -OCH3 is 2. The number of piperazine rings is 1. The lowest BCUT2D eigenvalue weighted by Crippen LogP contribution is -2.60. The van der Waals surface area contributed by atoms with E-state index >= 15 is 0 Å². The molecule has 8 nitrogen and oxygen atoms in total. The van der Waals surface area contributed by atoms with Gasteiger partial charge in [-0.25, -0.2) is 8.42 Å². The molecule has 0 aliphatic carbocycles. The second-order valence-corrected chi connectivity index (χ2v) is 12.4. The molecule has 10 heteroatoms. The van der Waals surface area contributed by atoms with Gasteiger partial charge in [0.05, 0.1) is 25.9 Å². The van der Waals surface area contributed by atoms with Crippen LogP contribution in [0, 0.1) is 0 Å². The lowest BCUT2D eigenvalue weighted by molar-refractivity contribution is 0.0778. The summed E-state index contributed by atoms with van der Waals surface area (Å²) in [6.45, 7) is 6.29. The molecular formula is C24H31N3O5S2. The van der Waals surface area contributed by atoms with E-state index in [2.05, 4.69) is 4.90 Å². The number of fused-ring (bicyclic) bond motifs is 1. The molecule has 0 bridgehead atoms. The van der Waals surface area contributed by atoms with Gasteiger partial charge in [0.1, 0.15) is 0 Å². The number of aromatic nitrogens is 1. The predicted octanol–water partition coefficient (Wildman–Crippen LogP) is 3.14. The van der Waals surface area contributed by atoms with Gasteiger partial charge in [0.2, 0.25) is 10.0 Å². The Balaban J connectivity index is 1.70.